The quantitative estimate of drug-likeness (QED) is 0.749. The second-order valence-electron chi connectivity index (χ2n) is 4.56. The monoisotopic (exact) mass is 225 g/mol. The summed E-state index contributed by atoms with van der Waals surface area (Å²) in [6.07, 6.45) is 2.36. The van der Waals surface area contributed by atoms with Gasteiger partial charge in [-0.2, -0.15) is 0 Å². The van der Waals surface area contributed by atoms with Crippen LogP contribution < -0.4 is 0 Å². The largest absolute Gasteiger partial charge is 0.395 e. The van der Waals surface area contributed by atoms with E-state index in [2.05, 4.69) is 34.3 Å². The first-order valence-electron chi connectivity index (χ1n) is 5.84. The van der Waals surface area contributed by atoms with Gasteiger partial charge in [-0.05, 0) is 37.1 Å². The third-order valence-corrected chi connectivity index (χ3v) is 2.92. The van der Waals surface area contributed by atoms with Crippen LogP contribution in [0.25, 0.3) is 0 Å². The molecule has 1 saturated carbocycles. The van der Waals surface area contributed by atoms with Gasteiger partial charge >= 0.3 is 0 Å². The van der Waals surface area contributed by atoms with Gasteiger partial charge in [-0.1, -0.05) is 0 Å². The molecule has 16 heavy (non-hydrogen) atoms. The topological polar surface area (TPSA) is 67.1 Å². The molecule has 6 nitrogen and oxygen atoms in total. The number of rotatable bonds is 6. The van der Waals surface area contributed by atoms with Crippen molar-refractivity contribution in [3.05, 3.63) is 5.82 Å². The summed E-state index contributed by atoms with van der Waals surface area (Å²) in [4.78, 5) is 2.17. The van der Waals surface area contributed by atoms with Crippen molar-refractivity contribution in [2.75, 3.05) is 13.2 Å². The van der Waals surface area contributed by atoms with E-state index in [-0.39, 0.29) is 6.61 Å². The minimum absolute atomic E-state index is 0.170. The Morgan fingerprint density at radius 1 is 1.50 bits per heavy atom. The number of hydrogen-bond donors (Lipinski definition) is 1. The lowest BCUT2D eigenvalue weighted by atomic mass is 10.3. The smallest absolute Gasteiger partial charge is 0.165 e. The average Bonchev–Trinajstić information content (AvgIpc) is 2.99. The molecule has 2 rings (SSSR count). The number of nitrogens with zero attached hydrogens (tertiary/aromatic N) is 5. The Morgan fingerprint density at radius 2 is 2.25 bits per heavy atom. The van der Waals surface area contributed by atoms with Crippen molar-refractivity contribution in [3.8, 4) is 0 Å². The predicted molar refractivity (Wildman–Crippen MR) is 58.7 cm³/mol. The minimum atomic E-state index is 0.170. The Labute approximate surface area is 95.2 Å². The maximum atomic E-state index is 9.00. The van der Waals surface area contributed by atoms with E-state index < -0.39 is 0 Å². The molecular weight excluding hydrogens is 206 g/mol. The van der Waals surface area contributed by atoms with Crippen molar-refractivity contribution >= 4 is 0 Å². The molecule has 0 spiro atoms. The summed E-state index contributed by atoms with van der Waals surface area (Å²) in [5, 5.41) is 20.8. The van der Waals surface area contributed by atoms with Gasteiger partial charge in [0.15, 0.2) is 5.82 Å². The molecule has 1 aliphatic carbocycles. The van der Waals surface area contributed by atoms with Gasteiger partial charge in [0, 0.05) is 12.6 Å². The van der Waals surface area contributed by atoms with Gasteiger partial charge in [-0.25, -0.2) is 4.68 Å². The molecule has 1 fully saturated rings. The van der Waals surface area contributed by atoms with E-state index in [4.69, 9.17) is 5.11 Å². The average molecular weight is 225 g/mol. The third kappa shape index (κ3) is 2.56. The van der Waals surface area contributed by atoms with E-state index in [1.165, 1.54) is 12.8 Å². The van der Waals surface area contributed by atoms with Crippen LogP contribution in [0.1, 0.15) is 38.6 Å². The molecule has 0 radical (unpaired) electrons. The number of tetrazole rings is 1. The van der Waals surface area contributed by atoms with Crippen LogP contribution in [0.5, 0.6) is 0 Å². The van der Waals surface area contributed by atoms with E-state index in [1.807, 2.05) is 4.68 Å². The fourth-order valence-corrected chi connectivity index (χ4v) is 1.75. The van der Waals surface area contributed by atoms with Crippen LogP contribution >= 0.6 is 0 Å². The minimum Gasteiger partial charge on any atom is -0.395 e. The van der Waals surface area contributed by atoms with Crippen LogP contribution in [0, 0.1) is 0 Å². The lowest BCUT2D eigenvalue weighted by Gasteiger charge is -2.24. The van der Waals surface area contributed by atoms with E-state index in [0.717, 1.165) is 5.82 Å². The number of aliphatic hydroxyl groups is 1. The molecular formula is C10H19N5O. The summed E-state index contributed by atoms with van der Waals surface area (Å²) in [7, 11) is 0. The Morgan fingerprint density at radius 3 is 2.81 bits per heavy atom. The standard InChI is InChI=1S/C10H19N5O/c1-8(2)14(5-6-16)7-10-11-12-13-15(10)9-3-4-9/h8-9,16H,3-7H2,1-2H3. The van der Waals surface area contributed by atoms with E-state index in [0.29, 0.717) is 25.2 Å². The molecule has 1 aromatic rings. The molecule has 0 bridgehead atoms. The van der Waals surface area contributed by atoms with Gasteiger partial charge in [0.05, 0.1) is 19.2 Å². The molecule has 1 heterocycles. The highest BCUT2D eigenvalue weighted by Gasteiger charge is 2.28. The van der Waals surface area contributed by atoms with Crippen molar-refractivity contribution in [1.29, 1.82) is 0 Å². The van der Waals surface area contributed by atoms with Gasteiger partial charge in [0.1, 0.15) is 0 Å². The van der Waals surface area contributed by atoms with E-state index in [1.54, 1.807) is 0 Å². The fraction of sp³-hybridized carbons (Fsp3) is 0.900. The van der Waals surface area contributed by atoms with Crippen LogP contribution in [0.4, 0.5) is 0 Å². The van der Waals surface area contributed by atoms with E-state index >= 15 is 0 Å². The van der Waals surface area contributed by atoms with Crippen LogP contribution in [0.15, 0.2) is 0 Å². The second-order valence-corrected chi connectivity index (χ2v) is 4.56. The molecule has 0 aromatic carbocycles. The number of hydrogen-bond acceptors (Lipinski definition) is 5. The molecule has 0 aliphatic heterocycles. The molecule has 0 saturated heterocycles. The number of aliphatic hydroxyl groups excluding tert-OH is 1. The Kier molecular flexibility index (Phi) is 3.50. The second kappa shape index (κ2) is 4.88. The van der Waals surface area contributed by atoms with Gasteiger partial charge in [-0.15, -0.1) is 5.10 Å². The fourth-order valence-electron chi connectivity index (χ4n) is 1.75. The highest BCUT2D eigenvalue weighted by atomic mass is 16.3. The van der Waals surface area contributed by atoms with Gasteiger partial charge in [0.25, 0.3) is 0 Å². The molecule has 1 N–H and O–H groups in total. The normalized spacial score (nSPS) is 16.3. The predicted octanol–water partition coefficient (Wildman–Crippen LogP) is 0.211. The lowest BCUT2D eigenvalue weighted by molar-refractivity contribution is 0.154. The molecule has 6 heteroatoms. The summed E-state index contributed by atoms with van der Waals surface area (Å²) in [6, 6.07) is 0.893. The zero-order valence-electron chi connectivity index (χ0n) is 9.87. The molecule has 1 aliphatic rings. The third-order valence-electron chi connectivity index (χ3n) is 2.92. The molecule has 0 atom stereocenters. The zero-order chi connectivity index (χ0) is 11.5. The highest BCUT2D eigenvalue weighted by Crippen LogP contribution is 2.34. The van der Waals surface area contributed by atoms with E-state index in [9.17, 15) is 0 Å². The molecule has 0 amide bonds. The summed E-state index contributed by atoms with van der Waals surface area (Å²) in [5.74, 6) is 0.907. The first-order chi connectivity index (χ1) is 7.72. The molecule has 0 unspecified atom stereocenters. The van der Waals surface area contributed by atoms with Crippen LogP contribution in [0.2, 0.25) is 0 Å². The first-order valence-corrected chi connectivity index (χ1v) is 5.84. The van der Waals surface area contributed by atoms with Gasteiger partial charge < -0.3 is 5.11 Å². The highest BCUT2D eigenvalue weighted by molar-refractivity contribution is 4.90. The molecule has 90 valence electrons. The summed E-state index contributed by atoms with van der Waals surface area (Å²) < 4.78 is 1.92. The van der Waals surface area contributed by atoms with Crippen molar-refractivity contribution < 1.29 is 5.11 Å². The van der Waals surface area contributed by atoms with Crippen molar-refractivity contribution in [2.24, 2.45) is 0 Å². The van der Waals surface area contributed by atoms with Crippen LogP contribution in [-0.4, -0.2) is 49.4 Å². The maximum absolute atomic E-state index is 9.00. The van der Waals surface area contributed by atoms with Crippen LogP contribution in [0.3, 0.4) is 0 Å². The summed E-state index contributed by atoms with van der Waals surface area (Å²) in [6.45, 7) is 5.77. The summed E-state index contributed by atoms with van der Waals surface area (Å²) >= 11 is 0. The van der Waals surface area contributed by atoms with Crippen molar-refractivity contribution in [1.82, 2.24) is 25.1 Å². The Bertz CT molecular complexity index is 334. The first kappa shape index (κ1) is 11.5. The Hall–Kier alpha value is -1.01. The van der Waals surface area contributed by atoms with Gasteiger partial charge in [0.2, 0.25) is 0 Å². The van der Waals surface area contributed by atoms with Crippen molar-refractivity contribution in [2.45, 2.75) is 45.3 Å². The zero-order valence-corrected chi connectivity index (χ0v) is 9.87. The van der Waals surface area contributed by atoms with Crippen LogP contribution in [-0.2, 0) is 6.54 Å². The Balaban J connectivity index is 2.02. The van der Waals surface area contributed by atoms with Gasteiger partial charge in [-0.3, -0.25) is 4.90 Å². The molecule has 1 aromatic heterocycles. The number of aromatic nitrogens is 4. The summed E-state index contributed by atoms with van der Waals surface area (Å²) in [5.41, 5.74) is 0. The SMILES string of the molecule is CC(C)N(CCO)Cc1nnnn1C1CC1. The van der Waals surface area contributed by atoms with Crippen molar-refractivity contribution in [3.63, 3.8) is 0 Å². The lowest BCUT2D eigenvalue weighted by Crippen LogP contribution is -2.34. The maximum Gasteiger partial charge on any atom is 0.165 e.